The lowest BCUT2D eigenvalue weighted by Crippen LogP contribution is -2.30. The first-order valence-electron chi connectivity index (χ1n) is 12.8. The largest absolute Gasteiger partial charge is 0.477 e. The van der Waals surface area contributed by atoms with Crippen LogP contribution in [0, 0.1) is 11.6 Å². The van der Waals surface area contributed by atoms with Gasteiger partial charge in [0.15, 0.2) is 32.8 Å². The molecule has 4 aromatic rings. The number of ether oxygens (including phenoxy) is 1. The predicted molar refractivity (Wildman–Crippen MR) is 147 cm³/mol. The lowest BCUT2D eigenvalue weighted by atomic mass is 10.0. The summed E-state index contributed by atoms with van der Waals surface area (Å²) in [6.45, 7) is 9.16. The van der Waals surface area contributed by atoms with Crippen LogP contribution in [-0.2, 0) is 33.1 Å². The summed E-state index contributed by atoms with van der Waals surface area (Å²) in [7, 11) is -3.29. The van der Waals surface area contributed by atoms with Gasteiger partial charge in [0.05, 0.1) is 21.7 Å². The van der Waals surface area contributed by atoms with Crippen LogP contribution in [-0.4, -0.2) is 29.5 Å². The van der Waals surface area contributed by atoms with Crippen LogP contribution in [0.2, 0.25) is 0 Å². The van der Waals surface area contributed by atoms with E-state index in [2.05, 4.69) is 0 Å². The number of hydrogen-bond donors (Lipinski definition) is 0. The third-order valence-electron chi connectivity index (χ3n) is 6.53. The molecule has 4 rings (SSSR count). The fraction of sp³-hybridized carbons (Fsp3) is 0.333. The molecule has 39 heavy (non-hydrogen) atoms. The van der Waals surface area contributed by atoms with Crippen molar-refractivity contribution in [3.8, 4) is 5.75 Å². The van der Waals surface area contributed by atoms with Crippen molar-refractivity contribution in [3.63, 3.8) is 0 Å². The van der Waals surface area contributed by atoms with Crippen molar-refractivity contribution in [2.45, 2.75) is 64.0 Å². The maximum absolute atomic E-state index is 14.3. The van der Waals surface area contributed by atoms with E-state index in [1.807, 2.05) is 36.6 Å². The molecule has 1 aromatic heterocycles. The number of aromatic nitrogens is 2. The molecule has 0 fully saturated rings. The quantitative estimate of drug-likeness (QED) is 0.228. The van der Waals surface area contributed by atoms with E-state index in [1.165, 1.54) is 18.2 Å². The van der Waals surface area contributed by atoms with Crippen molar-refractivity contribution in [2.24, 2.45) is 0 Å². The number of hydrogen-bond acceptors (Lipinski definition) is 5. The first-order chi connectivity index (χ1) is 18.3. The molecule has 0 radical (unpaired) electrons. The zero-order chi connectivity index (χ0) is 28.5. The summed E-state index contributed by atoms with van der Waals surface area (Å²) >= 11 is 0. The van der Waals surface area contributed by atoms with Crippen molar-refractivity contribution < 1.29 is 26.7 Å². The molecule has 206 valence electrons. The first-order valence-corrected chi connectivity index (χ1v) is 14.4. The predicted octanol–water partition coefficient (Wildman–Crippen LogP) is 6.36. The highest BCUT2D eigenvalue weighted by molar-refractivity contribution is 7.91. The number of carbonyl (C=O) groups excluding carboxylic acids is 1. The van der Waals surface area contributed by atoms with Crippen molar-refractivity contribution in [2.75, 3.05) is 5.75 Å². The van der Waals surface area contributed by atoms with E-state index < -0.39 is 27.1 Å². The molecule has 0 saturated heterocycles. The highest BCUT2D eigenvalue weighted by Crippen LogP contribution is 2.33. The summed E-state index contributed by atoms with van der Waals surface area (Å²) < 4.78 is 59.7. The highest BCUT2D eigenvalue weighted by atomic mass is 32.2. The summed E-state index contributed by atoms with van der Waals surface area (Å²) in [5.41, 5.74) is 2.01. The number of ketones is 1. The maximum Gasteiger partial charge on any atom is 0.178 e. The average Bonchev–Trinajstić information content (AvgIpc) is 3.26. The monoisotopic (exact) mass is 554 g/mol. The summed E-state index contributed by atoms with van der Waals surface area (Å²) in [5, 5.41) is 0. The molecule has 0 aliphatic rings. The molecule has 0 bridgehead atoms. The molecule has 0 N–H and O–H groups in total. The number of imidazole rings is 1. The zero-order valence-electron chi connectivity index (χ0n) is 22.7. The van der Waals surface area contributed by atoms with E-state index in [0.29, 0.717) is 11.3 Å². The molecular weight excluding hydrogens is 522 g/mol. The van der Waals surface area contributed by atoms with Gasteiger partial charge in [-0.15, -0.1) is 0 Å². The van der Waals surface area contributed by atoms with Crippen LogP contribution in [0.3, 0.4) is 0 Å². The van der Waals surface area contributed by atoms with Crippen LogP contribution in [0.25, 0.3) is 11.0 Å². The molecule has 3 aromatic carbocycles. The maximum atomic E-state index is 14.3. The van der Waals surface area contributed by atoms with Crippen molar-refractivity contribution >= 4 is 26.7 Å². The molecule has 0 saturated carbocycles. The van der Waals surface area contributed by atoms with Gasteiger partial charge in [0.1, 0.15) is 11.6 Å². The normalized spacial score (nSPS) is 12.3. The number of fused-ring (bicyclic) bond motifs is 1. The Morgan fingerprint density at radius 3 is 2.23 bits per heavy atom. The Morgan fingerprint density at radius 1 is 0.974 bits per heavy atom. The summed E-state index contributed by atoms with van der Waals surface area (Å²) in [5.74, 6) is -0.973. The van der Waals surface area contributed by atoms with E-state index in [1.54, 1.807) is 32.9 Å². The van der Waals surface area contributed by atoms with Gasteiger partial charge in [-0.05, 0) is 75.2 Å². The van der Waals surface area contributed by atoms with E-state index in [9.17, 15) is 22.0 Å². The van der Waals surface area contributed by atoms with Crippen molar-refractivity contribution in [1.82, 2.24) is 9.55 Å². The van der Waals surface area contributed by atoms with Gasteiger partial charge in [0.2, 0.25) is 0 Å². The Morgan fingerprint density at radius 2 is 1.62 bits per heavy atom. The van der Waals surface area contributed by atoms with E-state index in [0.717, 1.165) is 28.8 Å². The zero-order valence-corrected chi connectivity index (χ0v) is 23.5. The van der Waals surface area contributed by atoms with Gasteiger partial charge in [-0.25, -0.2) is 22.2 Å². The van der Waals surface area contributed by atoms with Crippen LogP contribution in [0.15, 0.2) is 65.6 Å². The third-order valence-corrected chi connectivity index (χ3v) is 8.28. The number of sulfone groups is 1. The Labute approximate surface area is 227 Å². The third kappa shape index (κ3) is 6.19. The SMILES string of the molecule is CCS(=O)(=O)c1ccc(CC(=O)Cc2ccc3c(c2)nc(C(C)(C)Oc2ccc(F)cc2F)n3C(C)C)cc1. The van der Waals surface area contributed by atoms with Crippen molar-refractivity contribution in [1.29, 1.82) is 0 Å². The second-order valence-corrected chi connectivity index (χ2v) is 12.6. The molecule has 0 spiro atoms. The molecule has 0 aliphatic heterocycles. The molecule has 1 heterocycles. The Bertz CT molecular complexity index is 1620. The second kappa shape index (κ2) is 10.9. The summed E-state index contributed by atoms with van der Waals surface area (Å²) in [6, 6.07) is 15.3. The molecular formula is C30H32F2N2O4S. The van der Waals surface area contributed by atoms with E-state index in [4.69, 9.17) is 9.72 Å². The molecule has 0 unspecified atom stereocenters. The van der Waals surface area contributed by atoms with E-state index >= 15 is 0 Å². The van der Waals surface area contributed by atoms with Gasteiger partial charge >= 0.3 is 0 Å². The number of Topliss-reactive ketones (excluding diaryl/α,β-unsaturated/α-hetero) is 1. The van der Waals surface area contributed by atoms with Crippen LogP contribution < -0.4 is 4.74 Å². The average molecular weight is 555 g/mol. The van der Waals surface area contributed by atoms with Gasteiger partial charge < -0.3 is 9.30 Å². The lowest BCUT2D eigenvalue weighted by molar-refractivity contribution is -0.117. The molecule has 0 aliphatic carbocycles. The number of halogens is 2. The number of rotatable bonds is 10. The number of benzene rings is 3. The Kier molecular flexibility index (Phi) is 7.93. The molecule has 0 atom stereocenters. The fourth-order valence-corrected chi connectivity index (χ4v) is 5.46. The second-order valence-electron chi connectivity index (χ2n) is 10.3. The lowest BCUT2D eigenvalue weighted by Gasteiger charge is -2.28. The summed E-state index contributed by atoms with van der Waals surface area (Å²) in [4.78, 5) is 17.9. The topological polar surface area (TPSA) is 78.3 Å². The Balaban J connectivity index is 1.57. The van der Waals surface area contributed by atoms with Gasteiger partial charge in [0, 0.05) is 24.9 Å². The fourth-order valence-electron chi connectivity index (χ4n) is 4.58. The first kappa shape index (κ1) is 28.4. The molecule has 0 amide bonds. The van der Waals surface area contributed by atoms with Gasteiger partial charge in [-0.2, -0.15) is 0 Å². The van der Waals surface area contributed by atoms with Crippen molar-refractivity contribution in [3.05, 3.63) is 89.2 Å². The van der Waals surface area contributed by atoms with Crippen LogP contribution in [0.5, 0.6) is 5.75 Å². The Hall–Kier alpha value is -3.59. The minimum Gasteiger partial charge on any atom is -0.477 e. The van der Waals surface area contributed by atoms with Crippen LogP contribution in [0.4, 0.5) is 8.78 Å². The van der Waals surface area contributed by atoms with Crippen LogP contribution >= 0.6 is 0 Å². The summed E-state index contributed by atoms with van der Waals surface area (Å²) in [6.07, 6.45) is 0.371. The van der Waals surface area contributed by atoms with Crippen LogP contribution in [0.1, 0.15) is 57.6 Å². The standard InChI is InChI=1S/C30H32F2N2O4S/c1-6-39(36,37)24-11-7-20(8-12-24)15-23(35)16-21-9-13-27-26(17-21)33-29(34(27)19(2)3)30(4,5)38-28-14-10-22(31)18-25(28)32/h7-14,17-19H,6,15-16H2,1-5H3. The molecule has 6 nitrogen and oxygen atoms in total. The van der Waals surface area contributed by atoms with Gasteiger partial charge in [-0.3, -0.25) is 4.79 Å². The number of carbonyl (C=O) groups is 1. The smallest absolute Gasteiger partial charge is 0.178 e. The minimum absolute atomic E-state index is 0.0120. The minimum atomic E-state index is -3.29. The highest BCUT2D eigenvalue weighted by Gasteiger charge is 2.32. The number of nitrogens with zero attached hydrogens (tertiary/aromatic N) is 2. The molecule has 9 heteroatoms. The van der Waals surface area contributed by atoms with Gasteiger partial charge in [0.25, 0.3) is 0 Å². The van der Waals surface area contributed by atoms with E-state index in [-0.39, 0.29) is 41.1 Å². The van der Waals surface area contributed by atoms with Gasteiger partial charge in [-0.1, -0.05) is 25.1 Å².